The maximum absolute atomic E-state index is 13.7. The van der Waals surface area contributed by atoms with Gasteiger partial charge in [-0.3, -0.25) is 13.9 Å². The van der Waals surface area contributed by atoms with Crippen LogP contribution in [0, 0.1) is 5.82 Å². The van der Waals surface area contributed by atoms with E-state index in [4.69, 9.17) is 28.5 Å². The first-order valence-corrected chi connectivity index (χ1v) is 19.4. The third kappa shape index (κ3) is 11.2. The molecule has 5 rings (SSSR count). The molecule has 14 nitrogen and oxygen atoms in total. The number of ether oxygens (including phenoxy) is 4. The first-order valence-electron chi connectivity index (χ1n) is 17.5. The van der Waals surface area contributed by atoms with Crippen LogP contribution in [0.15, 0.2) is 76.9 Å². The molecule has 0 spiro atoms. The zero-order chi connectivity index (χ0) is 39.5. The fourth-order valence-electron chi connectivity index (χ4n) is 5.79. The second-order valence-corrected chi connectivity index (χ2v) is 14.6. The molecule has 0 radical (unpaired) electrons. The number of allylic oxidation sites excluding steroid dienone is 1. The van der Waals surface area contributed by atoms with Gasteiger partial charge >= 0.3 is 5.97 Å². The summed E-state index contributed by atoms with van der Waals surface area (Å²) in [6, 6.07) is 15.5. The van der Waals surface area contributed by atoms with E-state index >= 15 is 0 Å². The predicted molar refractivity (Wildman–Crippen MR) is 200 cm³/mol. The Morgan fingerprint density at radius 3 is 2.15 bits per heavy atom. The molecule has 1 amide bonds. The summed E-state index contributed by atoms with van der Waals surface area (Å²) in [6.45, 7) is 1.97. The Morgan fingerprint density at radius 2 is 1.55 bits per heavy atom. The zero-order valence-corrected chi connectivity index (χ0v) is 31.2. The number of nitrogens with one attached hydrogen (secondary N) is 1. The molecule has 1 heterocycles. The van der Waals surface area contributed by atoms with E-state index in [0.717, 1.165) is 24.7 Å². The molecule has 1 saturated carbocycles. The number of amides is 1. The molecule has 0 unspecified atom stereocenters. The summed E-state index contributed by atoms with van der Waals surface area (Å²) in [5.41, 5.74) is 3.27. The van der Waals surface area contributed by atoms with Crippen LogP contribution < -0.4 is 9.62 Å². The number of carboxylic acid groups (broad SMARTS) is 1. The molecule has 3 N–H and O–H groups in total. The molecule has 1 fully saturated rings. The average molecular weight is 783 g/mol. The molecule has 1 aliphatic rings. The topological polar surface area (TPSA) is 191 Å². The van der Waals surface area contributed by atoms with Crippen LogP contribution in [0.5, 0.6) is 0 Å². The fourth-order valence-corrected chi connectivity index (χ4v) is 6.71. The summed E-state index contributed by atoms with van der Waals surface area (Å²) < 4.78 is 69.7. The maximum Gasteiger partial charge on any atom is 0.371 e. The van der Waals surface area contributed by atoms with E-state index in [0.29, 0.717) is 53.7 Å². The van der Waals surface area contributed by atoms with Gasteiger partial charge in [-0.15, -0.1) is 0 Å². The van der Waals surface area contributed by atoms with Crippen molar-refractivity contribution in [3.05, 3.63) is 101 Å². The molecule has 4 aromatic rings. The Morgan fingerprint density at radius 1 is 0.909 bits per heavy atom. The lowest BCUT2D eigenvalue weighted by atomic mass is 10.0. The van der Waals surface area contributed by atoms with Gasteiger partial charge in [-0.25, -0.2) is 17.6 Å². The van der Waals surface area contributed by atoms with E-state index in [1.165, 1.54) is 41.7 Å². The van der Waals surface area contributed by atoms with E-state index in [9.17, 15) is 32.3 Å². The number of aliphatic carboxylic acids is 1. The first-order chi connectivity index (χ1) is 26.4. The third-order valence-electron chi connectivity index (χ3n) is 8.61. The monoisotopic (exact) mass is 782 g/mol. The van der Waals surface area contributed by atoms with Gasteiger partial charge in [0.05, 0.1) is 76.9 Å². The largest absolute Gasteiger partial charge is 0.502 e. The van der Waals surface area contributed by atoms with Crippen LogP contribution in [0.4, 0.5) is 10.1 Å². The van der Waals surface area contributed by atoms with Gasteiger partial charge in [-0.1, -0.05) is 18.2 Å². The summed E-state index contributed by atoms with van der Waals surface area (Å²) in [5, 5.41) is 21.2. The summed E-state index contributed by atoms with van der Waals surface area (Å²) in [7, 11) is -2.24. The van der Waals surface area contributed by atoms with Crippen LogP contribution in [0.2, 0.25) is 0 Å². The Hall–Kier alpha value is -5.13. The number of furan rings is 1. The number of halogens is 1. The highest BCUT2D eigenvalue weighted by atomic mass is 32.2. The number of carbonyl (C=O) groups is 3. The minimum absolute atomic E-state index is 0.0347. The van der Waals surface area contributed by atoms with Gasteiger partial charge in [-0.05, 0) is 66.3 Å². The molecule has 0 atom stereocenters. The third-order valence-corrected chi connectivity index (χ3v) is 9.79. The number of rotatable bonds is 22. The summed E-state index contributed by atoms with van der Waals surface area (Å²) in [4.78, 5) is 35.9. The van der Waals surface area contributed by atoms with Crippen molar-refractivity contribution in [3.8, 4) is 11.3 Å². The lowest BCUT2D eigenvalue weighted by Gasteiger charge is -2.25. The van der Waals surface area contributed by atoms with Gasteiger partial charge in [0.2, 0.25) is 15.8 Å². The minimum atomic E-state index is -3.75. The molecule has 0 saturated heterocycles. The zero-order valence-electron chi connectivity index (χ0n) is 30.4. The second-order valence-electron chi connectivity index (χ2n) is 12.7. The highest BCUT2D eigenvalue weighted by Gasteiger charge is 2.33. The number of ketones is 1. The smallest absolute Gasteiger partial charge is 0.371 e. The first kappa shape index (κ1) is 41.0. The average Bonchev–Trinajstić information content (AvgIpc) is 3.94. The van der Waals surface area contributed by atoms with Gasteiger partial charge in [0, 0.05) is 35.7 Å². The van der Waals surface area contributed by atoms with Gasteiger partial charge in [-0.2, -0.15) is 0 Å². The Balaban J connectivity index is 1.07. The molecule has 16 heteroatoms. The van der Waals surface area contributed by atoms with Gasteiger partial charge in [0.15, 0.2) is 5.78 Å². The number of carboxylic acids is 1. The van der Waals surface area contributed by atoms with Gasteiger partial charge < -0.3 is 38.9 Å². The predicted octanol–water partition coefficient (Wildman–Crippen LogP) is 5.22. The highest BCUT2D eigenvalue weighted by Crippen LogP contribution is 2.48. The quantitative estimate of drug-likeness (QED) is 0.0409. The van der Waals surface area contributed by atoms with Crippen molar-refractivity contribution in [1.29, 1.82) is 0 Å². The minimum Gasteiger partial charge on any atom is -0.502 e. The number of sulfonamides is 1. The van der Waals surface area contributed by atoms with Crippen LogP contribution >= 0.6 is 0 Å². The van der Waals surface area contributed by atoms with Crippen molar-refractivity contribution in [3.63, 3.8) is 0 Å². The fraction of sp³-hybridized carbons (Fsp3) is 0.359. The second kappa shape index (κ2) is 19.0. The van der Waals surface area contributed by atoms with E-state index in [2.05, 4.69) is 5.32 Å². The number of aliphatic hydroxyl groups excluding tert-OH is 1. The van der Waals surface area contributed by atoms with Crippen LogP contribution in [0.1, 0.15) is 50.6 Å². The van der Waals surface area contributed by atoms with E-state index in [-0.39, 0.29) is 68.3 Å². The lowest BCUT2D eigenvalue weighted by molar-refractivity contribution is -0.135. The van der Waals surface area contributed by atoms with Crippen molar-refractivity contribution in [2.45, 2.75) is 25.4 Å². The number of aliphatic hydroxyl groups is 1. The molecule has 3 aromatic carbocycles. The number of hydrogen-bond donors (Lipinski definition) is 3. The van der Waals surface area contributed by atoms with Crippen molar-refractivity contribution in [2.75, 3.05) is 70.4 Å². The van der Waals surface area contributed by atoms with Gasteiger partial charge in [0.25, 0.3) is 5.91 Å². The number of anilines is 1. The molecule has 0 aliphatic heterocycles. The maximum atomic E-state index is 13.7. The molecule has 55 heavy (non-hydrogen) atoms. The summed E-state index contributed by atoms with van der Waals surface area (Å²) in [5.74, 6) is -3.71. The van der Waals surface area contributed by atoms with Crippen LogP contribution in [-0.2, 0) is 40.4 Å². The number of fused-ring (bicyclic) bond motifs is 1. The van der Waals surface area contributed by atoms with E-state index in [1.54, 1.807) is 24.3 Å². The Bertz CT molecular complexity index is 2130. The number of benzene rings is 3. The summed E-state index contributed by atoms with van der Waals surface area (Å²) in [6.07, 6.45) is 3.52. The SMILES string of the molecule is CNC(=O)c1c(-c2ccc(F)cc2)oc2cc(N(CCOCCOCCOCCOCc3cccc(C(=O)/C=C(\O)C(=O)O)c3)S(C)(=O)=O)c(C3CC3)cc12. The van der Waals surface area contributed by atoms with Crippen LogP contribution in [-0.4, -0.2) is 102 Å². The molecule has 294 valence electrons. The van der Waals surface area contributed by atoms with E-state index < -0.39 is 33.4 Å². The molecule has 0 bridgehead atoms. The highest BCUT2D eigenvalue weighted by molar-refractivity contribution is 7.92. The molecular weight excluding hydrogens is 739 g/mol. The van der Waals surface area contributed by atoms with Crippen molar-refractivity contribution in [2.24, 2.45) is 0 Å². The lowest BCUT2D eigenvalue weighted by Crippen LogP contribution is -2.34. The van der Waals surface area contributed by atoms with Crippen molar-refractivity contribution in [1.82, 2.24) is 5.32 Å². The normalized spacial score (nSPS) is 13.3. The van der Waals surface area contributed by atoms with Crippen molar-refractivity contribution >= 4 is 44.3 Å². The number of nitrogens with zero attached hydrogens (tertiary/aromatic N) is 1. The van der Waals surface area contributed by atoms with Crippen molar-refractivity contribution < 1.29 is 60.8 Å². The van der Waals surface area contributed by atoms with Crippen LogP contribution in [0.25, 0.3) is 22.3 Å². The van der Waals surface area contributed by atoms with E-state index in [1.807, 2.05) is 6.07 Å². The number of hydrogen-bond acceptors (Lipinski definition) is 11. The molecular formula is C39H43FN2O12S. The number of carbonyl (C=O) groups excluding carboxylic acids is 2. The van der Waals surface area contributed by atoms with Gasteiger partial charge in [0.1, 0.15) is 17.2 Å². The molecule has 1 aromatic heterocycles. The Labute approximate surface area is 317 Å². The molecule has 1 aliphatic carbocycles. The standard InChI is InChI=1S/C39H43FN2O12S/c1-41-38(45)36-31-21-30(26-6-7-26)32(22-35(31)54-37(36)27-8-10-29(40)11-9-27)42(55(2,48)49)12-13-50-14-15-51-16-17-52-18-19-53-24-25-4-3-5-28(20-25)33(43)23-34(44)39(46)47/h3-5,8-11,20-23,26,44H,6-7,12-19,24H2,1-2H3,(H,41,45)(H,46,47)/b34-23-. The Kier molecular flexibility index (Phi) is 14.1. The summed E-state index contributed by atoms with van der Waals surface area (Å²) >= 11 is 0. The van der Waals surface area contributed by atoms with Crippen LogP contribution in [0.3, 0.4) is 0 Å².